The standard InChI is InChI=1S/C19H25N3O6S/c23-17(24)9-22-15-3-1-2-4-16(15)29-11-14(18(22)25)21-13(19(26)27)10-28-12-5-7-20-8-6-12/h1-4,12-14,20-21H,5-11H2,(H,23,24)(H,26,27)/t13-,14?/m1/s1. The van der Waals surface area contributed by atoms with Gasteiger partial charge in [0.05, 0.1) is 24.4 Å². The van der Waals surface area contributed by atoms with Crippen LogP contribution in [0.5, 0.6) is 0 Å². The maximum Gasteiger partial charge on any atom is 0.323 e. The number of piperidine rings is 1. The van der Waals surface area contributed by atoms with Crippen molar-refractivity contribution < 1.29 is 29.3 Å². The van der Waals surface area contributed by atoms with Gasteiger partial charge in [-0.2, -0.15) is 0 Å². The Morgan fingerprint density at radius 3 is 2.69 bits per heavy atom. The summed E-state index contributed by atoms with van der Waals surface area (Å²) in [6, 6.07) is 5.16. The van der Waals surface area contributed by atoms with Crippen molar-refractivity contribution in [1.29, 1.82) is 0 Å². The van der Waals surface area contributed by atoms with Gasteiger partial charge < -0.3 is 20.3 Å². The molecule has 29 heavy (non-hydrogen) atoms. The zero-order valence-electron chi connectivity index (χ0n) is 15.9. The fourth-order valence-electron chi connectivity index (χ4n) is 3.40. The van der Waals surface area contributed by atoms with Crippen LogP contribution >= 0.6 is 11.8 Å². The second-order valence-electron chi connectivity index (χ2n) is 6.99. The number of nitrogens with zero attached hydrogens (tertiary/aromatic N) is 1. The second kappa shape index (κ2) is 10.1. The van der Waals surface area contributed by atoms with Crippen molar-refractivity contribution >= 4 is 35.3 Å². The summed E-state index contributed by atoms with van der Waals surface area (Å²) in [6.45, 7) is 1.12. The van der Waals surface area contributed by atoms with Gasteiger partial charge in [-0.1, -0.05) is 12.1 Å². The van der Waals surface area contributed by atoms with Gasteiger partial charge in [-0.25, -0.2) is 0 Å². The van der Waals surface area contributed by atoms with E-state index >= 15 is 0 Å². The third-order valence-corrected chi connectivity index (χ3v) is 6.06. The Labute approximate surface area is 172 Å². The van der Waals surface area contributed by atoms with E-state index in [1.807, 2.05) is 12.1 Å². The fourth-order valence-corrected chi connectivity index (χ4v) is 4.49. The van der Waals surface area contributed by atoms with Gasteiger partial charge in [-0.05, 0) is 38.1 Å². The Bertz CT molecular complexity index is 755. The Balaban J connectivity index is 1.71. The lowest BCUT2D eigenvalue weighted by atomic mass is 10.1. The fraction of sp³-hybridized carbons (Fsp3) is 0.526. The third-order valence-electron chi connectivity index (χ3n) is 4.90. The Morgan fingerprint density at radius 1 is 1.28 bits per heavy atom. The molecular weight excluding hydrogens is 398 g/mol. The summed E-state index contributed by atoms with van der Waals surface area (Å²) < 4.78 is 5.76. The smallest absolute Gasteiger partial charge is 0.323 e. The van der Waals surface area contributed by atoms with E-state index in [4.69, 9.17) is 4.74 Å². The van der Waals surface area contributed by atoms with Crippen LogP contribution in [-0.4, -0.2) is 78.2 Å². The number of para-hydroxylation sites is 1. The van der Waals surface area contributed by atoms with Gasteiger partial charge in [0.2, 0.25) is 5.91 Å². The van der Waals surface area contributed by atoms with Gasteiger partial charge >= 0.3 is 11.9 Å². The average molecular weight is 423 g/mol. The first kappa shape index (κ1) is 21.6. The monoisotopic (exact) mass is 423 g/mol. The van der Waals surface area contributed by atoms with Gasteiger partial charge in [-0.3, -0.25) is 24.6 Å². The minimum Gasteiger partial charge on any atom is -0.480 e. The number of aliphatic carboxylic acids is 2. The average Bonchev–Trinajstić information content (AvgIpc) is 2.83. The summed E-state index contributed by atoms with van der Waals surface area (Å²) >= 11 is 1.39. The summed E-state index contributed by atoms with van der Waals surface area (Å²) in [5, 5.41) is 24.9. The van der Waals surface area contributed by atoms with Crippen molar-refractivity contribution in [2.24, 2.45) is 0 Å². The molecule has 0 aliphatic carbocycles. The van der Waals surface area contributed by atoms with E-state index in [9.17, 15) is 24.6 Å². The highest BCUT2D eigenvalue weighted by Crippen LogP contribution is 2.34. The minimum absolute atomic E-state index is 0.00752. The first-order chi connectivity index (χ1) is 14.0. The normalized spacial score (nSPS) is 21.3. The number of carbonyl (C=O) groups is 3. The van der Waals surface area contributed by atoms with Crippen LogP contribution in [0.3, 0.4) is 0 Å². The largest absolute Gasteiger partial charge is 0.480 e. The van der Waals surface area contributed by atoms with Crippen LogP contribution in [-0.2, 0) is 19.1 Å². The zero-order valence-corrected chi connectivity index (χ0v) is 16.7. The maximum absolute atomic E-state index is 13.1. The maximum atomic E-state index is 13.1. The van der Waals surface area contributed by atoms with Crippen LogP contribution in [0.15, 0.2) is 29.2 Å². The number of hydrogen-bond donors (Lipinski definition) is 4. The van der Waals surface area contributed by atoms with Crippen LogP contribution < -0.4 is 15.5 Å². The number of carboxylic acid groups (broad SMARTS) is 2. The summed E-state index contributed by atoms with van der Waals surface area (Å²) in [5.41, 5.74) is 0.520. The highest BCUT2D eigenvalue weighted by molar-refractivity contribution is 7.99. The van der Waals surface area contributed by atoms with Crippen molar-refractivity contribution in [3.05, 3.63) is 24.3 Å². The Kier molecular flexibility index (Phi) is 7.48. The lowest BCUT2D eigenvalue weighted by molar-refractivity contribution is -0.143. The van der Waals surface area contributed by atoms with E-state index < -0.39 is 36.5 Å². The number of carboxylic acids is 2. The van der Waals surface area contributed by atoms with Crippen LogP contribution in [0, 0.1) is 0 Å². The zero-order chi connectivity index (χ0) is 20.8. The van der Waals surface area contributed by atoms with Gasteiger partial charge in [-0.15, -0.1) is 11.8 Å². The molecule has 0 saturated carbocycles. The lowest BCUT2D eigenvalue weighted by Crippen LogP contribution is -2.55. The number of hydrogen-bond acceptors (Lipinski definition) is 7. The molecule has 1 aromatic carbocycles. The van der Waals surface area contributed by atoms with E-state index in [0.29, 0.717) is 11.4 Å². The number of thioether (sulfide) groups is 1. The molecule has 1 saturated heterocycles. The topological polar surface area (TPSA) is 128 Å². The van der Waals surface area contributed by atoms with Crippen molar-refractivity contribution in [2.75, 3.05) is 36.9 Å². The molecule has 2 atom stereocenters. The van der Waals surface area contributed by atoms with Crippen LogP contribution in [0.25, 0.3) is 0 Å². The molecule has 1 aromatic rings. The molecule has 2 heterocycles. The van der Waals surface area contributed by atoms with Gasteiger partial charge in [0, 0.05) is 10.6 Å². The molecule has 9 nitrogen and oxygen atoms in total. The number of carbonyl (C=O) groups excluding carboxylic acids is 1. The molecular formula is C19H25N3O6S. The number of benzene rings is 1. The molecule has 0 radical (unpaired) electrons. The van der Waals surface area contributed by atoms with Crippen molar-refractivity contribution in [1.82, 2.24) is 10.6 Å². The molecule has 2 aliphatic rings. The van der Waals surface area contributed by atoms with Crippen LogP contribution in [0.4, 0.5) is 5.69 Å². The summed E-state index contributed by atoms with van der Waals surface area (Å²) in [6.07, 6.45) is 1.62. The number of amides is 1. The number of ether oxygens (including phenoxy) is 1. The van der Waals surface area contributed by atoms with Crippen LogP contribution in [0.1, 0.15) is 12.8 Å². The first-order valence-corrected chi connectivity index (χ1v) is 10.5. The summed E-state index contributed by atoms with van der Waals surface area (Å²) in [7, 11) is 0. The highest BCUT2D eigenvalue weighted by Gasteiger charge is 2.35. The molecule has 1 unspecified atom stereocenters. The van der Waals surface area contributed by atoms with Crippen molar-refractivity contribution in [3.8, 4) is 0 Å². The van der Waals surface area contributed by atoms with Gasteiger partial charge in [0.1, 0.15) is 12.6 Å². The number of fused-ring (bicyclic) bond motifs is 1. The predicted octanol–water partition coefficient (Wildman–Crippen LogP) is 0.390. The SMILES string of the molecule is O=C(O)CN1C(=O)C(N[C@H](COC2CCNCC2)C(=O)O)CSc2ccccc21. The third kappa shape index (κ3) is 5.69. The molecule has 0 bridgehead atoms. The van der Waals surface area contributed by atoms with Crippen molar-refractivity contribution in [2.45, 2.75) is 35.9 Å². The first-order valence-electron chi connectivity index (χ1n) is 9.52. The summed E-state index contributed by atoms with van der Waals surface area (Å²) in [5.74, 6) is -2.41. The van der Waals surface area contributed by atoms with Crippen molar-refractivity contribution in [3.63, 3.8) is 0 Å². The second-order valence-corrected chi connectivity index (χ2v) is 8.05. The van der Waals surface area contributed by atoms with Gasteiger partial charge in [0.25, 0.3) is 0 Å². The molecule has 0 aromatic heterocycles. The van der Waals surface area contributed by atoms with Crippen LogP contribution in [0.2, 0.25) is 0 Å². The Hall–Kier alpha value is -2.14. The van der Waals surface area contributed by atoms with E-state index in [1.54, 1.807) is 12.1 Å². The molecule has 1 fully saturated rings. The minimum atomic E-state index is -1.14. The van der Waals surface area contributed by atoms with E-state index in [1.165, 1.54) is 16.7 Å². The molecule has 158 valence electrons. The number of nitrogens with one attached hydrogen (secondary N) is 2. The highest BCUT2D eigenvalue weighted by atomic mass is 32.2. The predicted molar refractivity (Wildman–Crippen MR) is 107 cm³/mol. The van der Waals surface area contributed by atoms with E-state index in [0.717, 1.165) is 30.8 Å². The Morgan fingerprint density at radius 2 is 2.00 bits per heavy atom. The number of rotatable bonds is 8. The van der Waals surface area contributed by atoms with Gasteiger partial charge in [0.15, 0.2) is 0 Å². The summed E-state index contributed by atoms with van der Waals surface area (Å²) in [4.78, 5) is 38.1. The van der Waals surface area contributed by atoms with E-state index in [2.05, 4.69) is 10.6 Å². The molecule has 1 amide bonds. The molecule has 2 aliphatic heterocycles. The molecule has 10 heteroatoms. The number of anilines is 1. The molecule has 0 spiro atoms. The quantitative estimate of drug-likeness (QED) is 0.469. The lowest BCUT2D eigenvalue weighted by Gasteiger charge is -2.28. The molecule has 4 N–H and O–H groups in total. The van der Waals surface area contributed by atoms with E-state index in [-0.39, 0.29) is 12.7 Å². The molecule has 3 rings (SSSR count).